The van der Waals surface area contributed by atoms with Gasteiger partial charge < -0.3 is 15.0 Å². The van der Waals surface area contributed by atoms with E-state index >= 15 is 0 Å². The van der Waals surface area contributed by atoms with E-state index < -0.39 is 12.1 Å². The zero-order valence-corrected chi connectivity index (χ0v) is 12.0. The topological polar surface area (TPSA) is 87.7 Å². The van der Waals surface area contributed by atoms with E-state index in [4.69, 9.17) is 4.74 Å². The highest BCUT2D eigenvalue weighted by Crippen LogP contribution is 2.23. The minimum Gasteiger partial charge on any atom is -0.491 e. The summed E-state index contributed by atoms with van der Waals surface area (Å²) in [6.07, 6.45) is 0.450. The molecule has 0 aliphatic carbocycles. The molecule has 3 rings (SSSR count). The van der Waals surface area contributed by atoms with Crippen molar-refractivity contribution in [3.05, 3.63) is 29.8 Å². The molecule has 116 valence electrons. The lowest BCUT2D eigenvalue weighted by Crippen LogP contribution is -2.49. The molecule has 0 saturated carbocycles. The molecule has 4 amide bonds. The van der Waals surface area contributed by atoms with Crippen molar-refractivity contribution in [2.75, 3.05) is 13.2 Å². The van der Waals surface area contributed by atoms with Crippen LogP contribution in [-0.4, -0.2) is 41.9 Å². The van der Waals surface area contributed by atoms with Crippen LogP contribution in [0.2, 0.25) is 0 Å². The van der Waals surface area contributed by atoms with Crippen LogP contribution in [-0.2, 0) is 16.1 Å². The van der Waals surface area contributed by atoms with Gasteiger partial charge in [0.1, 0.15) is 18.4 Å². The van der Waals surface area contributed by atoms with E-state index in [9.17, 15) is 14.4 Å². The second-order valence-corrected chi connectivity index (χ2v) is 5.33. The van der Waals surface area contributed by atoms with Crippen molar-refractivity contribution >= 4 is 17.8 Å². The molecule has 0 aromatic heterocycles. The van der Waals surface area contributed by atoms with Gasteiger partial charge in [0.2, 0.25) is 11.8 Å². The summed E-state index contributed by atoms with van der Waals surface area (Å²) >= 11 is 0. The lowest BCUT2D eigenvalue weighted by Gasteiger charge is -2.25. The van der Waals surface area contributed by atoms with Crippen LogP contribution in [0, 0.1) is 0 Å². The number of hydrogen-bond acceptors (Lipinski definition) is 4. The third-order valence-electron chi connectivity index (χ3n) is 3.78. The number of nitrogens with zero attached hydrogens (tertiary/aromatic N) is 1. The largest absolute Gasteiger partial charge is 0.491 e. The van der Waals surface area contributed by atoms with Gasteiger partial charge in [-0.25, -0.2) is 4.79 Å². The van der Waals surface area contributed by atoms with Crippen molar-refractivity contribution in [1.29, 1.82) is 0 Å². The number of ether oxygens (including phenoxy) is 1. The van der Waals surface area contributed by atoms with Gasteiger partial charge >= 0.3 is 6.03 Å². The Morgan fingerprint density at radius 1 is 1.27 bits per heavy atom. The van der Waals surface area contributed by atoms with Crippen molar-refractivity contribution in [3.8, 4) is 5.75 Å². The summed E-state index contributed by atoms with van der Waals surface area (Å²) in [6, 6.07) is 6.27. The molecule has 22 heavy (non-hydrogen) atoms. The van der Waals surface area contributed by atoms with Crippen LogP contribution in [0.1, 0.15) is 18.4 Å². The third kappa shape index (κ3) is 3.03. The number of carbonyl (C=O) groups is 3. The Morgan fingerprint density at radius 3 is 2.95 bits per heavy atom. The van der Waals surface area contributed by atoms with Crippen molar-refractivity contribution in [2.24, 2.45) is 0 Å². The fourth-order valence-corrected chi connectivity index (χ4v) is 2.65. The monoisotopic (exact) mass is 303 g/mol. The average Bonchev–Trinajstić information content (AvgIpc) is 2.81. The summed E-state index contributed by atoms with van der Waals surface area (Å²) < 4.78 is 5.63. The molecule has 1 aromatic rings. The summed E-state index contributed by atoms with van der Waals surface area (Å²) in [7, 11) is 0. The van der Waals surface area contributed by atoms with Crippen LogP contribution in [0.5, 0.6) is 5.75 Å². The lowest BCUT2D eigenvalue weighted by molar-refractivity contribution is -0.134. The van der Waals surface area contributed by atoms with Gasteiger partial charge in [0, 0.05) is 18.5 Å². The van der Waals surface area contributed by atoms with E-state index in [0.717, 1.165) is 11.3 Å². The van der Waals surface area contributed by atoms with Crippen LogP contribution in [0.3, 0.4) is 0 Å². The van der Waals surface area contributed by atoms with Gasteiger partial charge in [0.15, 0.2) is 0 Å². The first kappa shape index (κ1) is 14.4. The molecular weight excluding hydrogens is 286 g/mol. The number of amides is 4. The lowest BCUT2D eigenvalue weighted by atomic mass is 10.1. The molecule has 0 spiro atoms. The van der Waals surface area contributed by atoms with Gasteiger partial charge in [-0.05, 0) is 12.5 Å². The highest BCUT2D eigenvalue weighted by molar-refractivity contribution is 5.98. The summed E-state index contributed by atoms with van der Waals surface area (Å²) in [5.41, 5.74) is 0.933. The number of imide groups is 1. The van der Waals surface area contributed by atoms with E-state index in [1.165, 1.54) is 0 Å². The fraction of sp³-hybridized carbons (Fsp3) is 0.400. The molecule has 2 aliphatic heterocycles. The van der Waals surface area contributed by atoms with E-state index in [1.807, 2.05) is 24.3 Å². The van der Waals surface area contributed by atoms with Gasteiger partial charge in [-0.15, -0.1) is 0 Å². The van der Waals surface area contributed by atoms with Crippen LogP contribution in [0.15, 0.2) is 24.3 Å². The van der Waals surface area contributed by atoms with Crippen LogP contribution < -0.4 is 15.4 Å². The molecule has 1 aromatic carbocycles. The Morgan fingerprint density at radius 2 is 2.09 bits per heavy atom. The van der Waals surface area contributed by atoms with Crippen molar-refractivity contribution in [2.45, 2.75) is 25.4 Å². The number of nitrogens with one attached hydrogen (secondary N) is 2. The maximum absolute atomic E-state index is 12.6. The Balaban J connectivity index is 1.74. The second kappa shape index (κ2) is 6.05. The zero-order chi connectivity index (χ0) is 15.5. The second-order valence-electron chi connectivity index (χ2n) is 5.33. The number of urea groups is 1. The Bertz CT molecular complexity index is 617. The quantitative estimate of drug-likeness (QED) is 0.786. The molecule has 1 atom stereocenters. The van der Waals surface area contributed by atoms with Gasteiger partial charge in [0.25, 0.3) is 0 Å². The predicted octanol–water partition coefficient (Wildman–Crippen LogP) is 0.396. The van der Waals surface area contributed by atoms with Gasteiger partial charge in [-0.3, -0.25) is 14.9 Å². The first-order chi connectivity index (χ1) is 10.6. The number of fused-ring (bicyclic) bond motifs is 1. The SMILES string of the molecule is O=C1CC[C@@H](C(=O)N2CCOc3ccccc3C2)NC(=O)N1. The Kier molecular flexibility index (Phi) is 3.95. The highest BCUT2D eigenvalue weighted by Gasteiger charge is 2.30. The Labute approximate surface area is 127 Å². The normalized spacial score (nSPS) is 21.6. The average molecular weight is 303 g/mol. The molecule has 1 fully saturated rings. The predicted molar refractivity (Wildman–Crippen MR) is 77.1 cm³/mol. The maximum Gasteiger partial charge on any atom is 0.322 e. The molecule has 7 nitrogen and oxygen atoms in total. The smallest absolute Gasteiger partial charge is 0.322 e. The number of carbonyl (C=O) groups excluding carboxylic acids is 3. The first-order valence-electron chi connectivity index (χ1n) is 7.23. The summed E-state index contributed by atoms with van der Waals surface area (Å²) in [5, 5.41) is 4.72. The van der Waals surface area contributed by atoms with E-state index in [0.29, 0.717) is 26.1 Å². The molecule has 2 aliphatic rings. The molecule has 2 N–H and O–H groups in total. The maximum atomic E-state index is 12.6. The highest BCUT2D eigenvalue weighted by atomic mass is 16.5. The summed E-state index contributed by atoms with van der Waals surface area (Å²) in [5.74, 6) is 0.224. The minimum atomic E-state index is -0.684. The number of rotatable bonds is 1. The van der Waals surface area contributed by atoms with Crippen molar-refractivity contribution in [1.82, 2.24) is 15.5 Å². The molecule has 0 bridgehead atoms. The fourth-order valence-electron chi connectivity index (χ4n) is 2.65. The van der Waals surface area contributed by atoms with E-state index in [2.05, 4.69) is 10.6 Å². The zero-order valence-electron chi connectivity index (χ0n) is 12.0. The number of para-hydroxylation sites is 1. The first-order valence-corrected chi connectivity index (χ1v) is 7.23. The van der Waals surface area contributed by atoms with Crippen LogP contribution in [0.25, 0.3) is 0 Å². The summed E-state index contributed by atoms with van der Waals surface area (Å²) in [4.78, 5) is 37.2. The molecule has 0 radical (unpaired) electrons. The molecular formula is C15H17N3O4. The van der Waals surface area contributed by atoms with Crippen molar-refractivity contribution < 1.29 is 19.1 Å². The van der Waals surface area contributed by atoms with Gasteiger partial charge in [-0.2, -0.15) is 0 Å². The van der Waals surface area contributed by atoms with Gasteiger partial charge in [-0.1, -0.05) is 18.2 Å². The molecule has 0 unspecified atom stereocenters. The van der Waals surface area contributed by atoms with Crippen molar-refractivity contribution in [3.63, 3.8) is 0 Å². The molecule has 1 saturated heterocycles. The third-order valence-corrected chi connectivity index (χ3v) is 3.78. The van der Waals surface area contributed by atoms with Crippen LogP contribution >= 0.6 is 0 Å². The summed E-state index contributed by atoms with van der Waals surface area (Å²) in [6.45, 7) is 1.28. The Hall–Kier alpha value is -2.57. The van der Waals surface area contributed by atoms with E-state index in [1.54, 1.807) is 4.90 Å². The number of hydrogen-bond donors (Lipinski definition) is 2. The molecule has 7 heteroatoms. The molecule has 2 heterocycles. The number of benzene rings is 1. The standard InChI is InChI=1S/C15H17N3O4/c19-13-6-5-11(16-15(21)17-13)14(20)18-7-8-22-12-4-2-1-3-10(12)9-18/h1-4,11H,5-9H2,(H2,16,17,19,21)/t11-/m0/s1. The van der Waals surface area contributed by atoms with Crippen LogP contribution in [0.4, 0.5) is 4.79 Å². The van der Waals surface area contributed by atoms with E-state index in [-0.39, 0.29) is 18.2 Å². The van der Waals surface area contributed by atoms with Gasteiger partial charge in [0.05, 0.1) is 6.54 Å². The minimum absolute atomic E-state index is 0.149.